The maximum absolute atomic E-state index is 5.94. The van der Waals surface area contributed by atoms with E-state index in [-0.39, 0.29) is 36.2 Å². The van der Waals surface area contributed by atoms with Gasteiger partial charge in [-0.3, -0.25) is 0 Å². The van der Waals surface area contributed by atoms with E-state index in [1.807, 2.05) is 6.20 Å². The molecule has 3 fully saturated rings. The Balaban J connectivity index is 0.00000240. The van der Waals surface area contributed by atoms with Crippen LogP contribution in [0.2, 0.25) is 0 Å². The minimum atomic E-state index is 0. The Morgan fingerprint density at radius 3 is 2.59 bits per heavy atom. The fourth-order valence-electron chi connectivity index (χ4n) is 4.52. The summed E-state index contributed by atoms with van der Waals surface area (Å²) >= 11 is 0. The average molecular weight is 515 g/mol. The smallest absolute Gasteiger partial charge is 0.191 e. The van der Waals surface area contributed by atoms with E-state index in [0.29, 0.717) is 24.8 Å². The third-order valence-corrected chi connectivity index (χ3v) is 5.74. The van der Waals surface area contributed by atoms with Crippen molar-refractivity contribution in [1.29, 1.82) is 0 Å². The Kier molecular flexibility index (Phi) is 7.98. The van der Waals surface area contributed by atoms with Crippen molar-refractivity contribution in [1.82, 2.24) is 15.6 Å². The molecule has 3 saturated heterocycles. The first-order valence-corrected chi connectivity index (χ1v) is 10.7. The van der Waals surface area contributed by atoms with Crippen LogP contribution in [0, 0.1) is 0 Å². The third-order valence-electron chi connectivity index (χ3n) is 5.74. The lowest BCUT2D eigenvalue weighted by Gasteiger charge is -2.36. The number of hydrogen-bond donors (Lipinski definition) is 2. The largest absolute Gasteiger partial charge is 0.373 e. The highest BCUT2D eigenvalue weighted by atomic mass is 127. The van der Waals surface area contributed by atoms with Gasteiger partial charge in [-0.25, -0.2) is 9.98 Å². The normalized spacial score (nSPS) is 31.5. The minimum Gasteiger partial charge on any atom is -0.373 e. The molecule has 2 N–H and O–H groups in total. The number of nitrogens with zero attached hydrogens (tertiary/aromatic N) is 3. The quantitative estimate of drug-likeness (QED) is 0.357. The van der Waals surface area contributed by atoms with E-state index >= 15 is 0 Å². The van der Waals surface area contributed by atoms with Gasteiger partial charge in [-0.2, -0.15) is 0 Å². The van der Waals surface area contributed by atoms with Gasteiger partial charge in [-0.15, -0.1) is 24.0 Å². The van der Waals surface area contributed by atoms with Crippen LogP contribution >= 0.6 is 24.0 Å². The lowest BCUT2D eigenvalue weighted by atomic mass is 9.96. The van der Waals surface area contributed by atoms with Crippen molar-refractivity contribution in [2.24, 2.45) is 4.99 Å². The summed E-state index contributed by atoms with van der Waals surface area (Å²) in [7, 11) is 0. The fourth-order valence-corrected chi connectivity index (χ4v) is 4.52. The second-order valence-electron chi connectivity index (χ2n) is 8.24. The zero-order valence-corrected chi connectivity index (χ0v) is 20.0. The van der Waals surface area contributed by atoms with E-state index in [1.165, 1.54) is 6.42 Å². The van der Waals surface area contributed by atoms with Crippen LogP contribution in [-0.4, -0.2) is 61.0 Å². The number of ether oxygens (including phenoxy) is 2. The third kappa shape index (κ3) is 5.73. The predicted octanol–water partition coefficient (Wildman–Crippen LogP) is 2.69. The highest BCUT2D eigenvalue weighted by Gasteiger charge is 2.41. The number of fused-ring (bicyclic) bond motifs is 2. The van der Waals surface area contributed by atoms with E-state index < -0.39 is 0 Å². The average Bonchev–Trinajstić information content (AvgIpc) is 3.29. The van der Waals surface area contributed by atoms with E-state index in [1.54, 1.807) is 0 Å². The van der Waals surface area contributed by atoms with E-state index in [9.17, 15) is 0 Å². The zero-order valence-electron chi connectivity index (χ0n) is 17.6. The fraction of sp³-hybridized carbons (Fsp3) is 0.714. The second-order valence-corrected chi connectivity index (χ2v) is 8.24. The molecule has 4 rings (SSSR count). The molecule has 4 heterocycles. The van der Waals surface area contributed by atoms with Crippen LogP contribution in [0.4, 0.5) is 5.82 Å². The molecule has 0 saturated carbocycles. The molecule has 5 atom stereocenters. The standard InChI is InChI=1S/C21H33N5O2.HI/c1-4-22-21(25-18-9-17-6-7-19(18)28-17)24-11-16-5-8-20(23-10-16)26-12-14(2)27-15(3)13-26;/h5,8,10,14-15,17-19H,4,6-7,9,11-13H2,1-3H3,(H2,22,24,25);1H. The zero-order chi connectivity index (χ0) is 19.5. The molecule has 0 spiro atoms. The molecule has 0 aliphatic carbocycles. The summed E-state index contributed by atoms with van der Waals surface area (Å²) in [5.41, 5.74) is 1.11. The van der Waals surface area contributed by atoms with Crippen molar-refractivity contribution in [3.05, 3.63) is 23.9 Å². The van der Waals surface area contributed by atoms with Crippen molar-refractivity contribution in [2.75, 3.05) is 24.5 Å². The highest BCUT2D eigenvalue weighted by Crippen LogP contribution is 2.34. The summed E-state index contributed by atoms with van der Waals surface area (Å²) < 4.78 is 11.8. The topological polar surface area (TPSA) is 71.0 Å². The molecular formula is C21H34IN5O2. The summed E-state index contributed by atoms with van der Waals surface area (Å²) in [5.74, 6) is 1.88. The number of rotatable bonds is 5. The van der Waals surface area contributed by atoms with Crippen LogP contribution in [0.25, 0.3) is 0 Å². The van der Waals surface area contributed by atoms with Gasteiger partial charge in [0.2, 0.25) is 0 Å². The van der Waals surface area contributed by atoms with E-state index in [0.717, 1.165) is 49.8 Å². The maximum atomic E-state index is 5.94. The highest BCUT2D eigenvalue weighted by molar-refractivity contribution is 14.0. The van der Waals surface area contributed by atoms with Crippen LogP contribution in [0.5, 0.6) is 0 Å². The number of nitrogens with one attached hydrogen (secondary N) is 2. The van der Waals surface area contributed by atoms with Gasteiger partial charge in [0, 0.05) is 25.8 Å². The van der Waals surface area contributed by atoms with Crippen LogP contribution in [-0.2, 0) is 16.0 Å². The van der Waals surface area contributed by atoms with Crippen LogP contribution < -0.4 is 15.5 Å². The molecule has 2 bridgehead atoms. The molecule has 0 aromatic carbocycles. The summed E-state index contributed by atoms with van der Waals surface area (Å²) in [6.07, 6.45) is 6.63. The van der Waals surface area contributed by atoms with Crippen molar-refractivity contribution in [3.8, 4) is 0 Å². The van der Waals surface area contributed by atoms with Gasteiger partial charge in [0.15, 0.2) is 5.96 Å². The van der Waals surface area contributed by atoms with Crippen molar-refractivity contribution < 1.29 is 9.47 Å². The molecule has 162 valence electrons. The van der Waals surface area contributed by atoms with Crippen molar-refractivity contribution in [3.63, 3.8) is 0 Å². The lowest BCUT2D eigenvalue weighted by molar-refractivity contribution is -0.00545. The van der Waals surface area contributed by atoms with Gasteiger partial charge in [0.25, 0.3) is 0 Å². The Bertz CT molecular complexity index is 676. The van der Waals surface area contributed by atoms with Gasteiger partial charge in [0.1, 0.15) is 5.82 Å². The molecule has 1 aromatic heterocycles. The van der Waals surface area contributed by atoms with Gasteiger partial charge < -0.3 is 25.0 Å². The molecule has 0 radical (unpaired) electrons. The maximum Gasteiger partial charge on any atom is 0.191 e. The SMILES string of the molecule is CCNC(=NCc1ccc(N2CC(C)OC(C)C2)nc1)NC1CC2CCC1O2.I. The Morgan fingerprint density at radius 1 is 1.21 bits per heavy atom. The minimum absolute atomic E-state index is 0. The summed E-state index contributed by atoms with van der Waals surface area (Å²) in [6, 6.07) is 4.60. The van der Waals surface area contributed by atoms with Crippen molar-refractivity contribution in [2.45, 2.75) is 77.0 Å². The summed E-state index contributed by atoms with van der Waals surface area (Å²) in [4.78, 5) is 11.7. The van der Waals surface area contributed by atoms with Gasteiger partial charge in [0.05, 0.1) is 37.0 Å². The van der Waals surface area contributed by atoms with Crippen molar-refractivity contribution >= 4 is 35.8 Å². The van der Waals surface area contributed by atoms with E-state index in [4.69, 9.17) is 14.5 Å². The predicted molar refractivity (Wildman–Crippen MR) is 126 cm³/mol. The number of aliphatic imine (C=N–C) groups is 1. The molecule has 3 aliphatic heterocycles. The molecule has 1 aromatic rings. The van der Waals surface area contributed by atoms with Crippen LogP contribution in [0.15, 0.2) is 23.3 Å². The number of anilines is 1. The van der Waals surface area contributed by atoms with Gasteiger partial charge >= 0.3 is 0 Å². The Hall–Kier alpha value is -1.13. The molecule has 29 heavy (non-hydrogen) atoms. The number of halogens is 1. The number of hydrogen-bond acceptors (Lipinski definition) is 5. The molecule has 3 aliphatic rings. The Morgan fingerprint density at radius 2 is 2.00 bits per heavy atom. The summed E-state index contributed by atoms with van der Waals surface area (Å²) in [5, 5.41) is 6.92. The number of aromatic nitrogens is 1. The first-order valence-electron chi connectivity index (χ1n) is 10.7. The number of pyridine rings is 1. The molecule has 0 amide bonds. The number of morpholine rings is 1. The van der Waals surface area contributed by atoms with Gasteiger partial charge in [-0.05, 0) is 51.7 Å². The molecule has 5 unspecified atom stereocenters. The molecule has 8 heteroatoms. The molecular weight excluding hydrogens is 481 g/mol. The van der Waals surface area contributed by atoms with E-state index in [2.05, 4.69) is 53.4 Å². The first kappa shape index (κ1) is 22.6. The van der Waals surface area contributed by atoms with Gasteiger partial charge in [-0.1, -0.05) is 6.07 Å². The summed E-state index contributed by atoms with van der Waals surface area (Å²) in [6.45, 7) is 9.54. The Labute approximate surface area is 191 Å². The lowest BCUT2D eigenvalue weighted by Crippen LogP contribution is -2.47. The number of guanidine groups is 1. The second kappa shape index (κ2) is 10.3. The van der Waals surface area contributed by atoms with Crippen LogP contribution in [0.1, 0.15) is 45.6 Å². The monoisotopic (exact) mass is 515 g/mol. The van der Waals surface area contributed by atoms with Crippen LogP contribution in [0.3, 0.4) is 0 Å². The first-order chi connectivity index (χ1) is 13.6. The molecule has 7 nitrogen and oxygen atoms in total.